The molecule has 1 fully saturated rings. The molecule has 0 aromatic heterocycles. The van der Waals surface area contributed by atoms with Gasteiger partial charge in [0, 0.05) is 6.54 Å². The second-order valence-corrected chi connectivity index (χ2v) is 4.07. The molecule has 3 N–H and O–H groups in total. The molecule has 0 heterocycles. The van der Waals surface area contributed by atoms with Gasteiger partial charge in [0.05, 0.1) is 5.92 Å². The van der Waals surface area contributed by atoms with Crippen LogP contribution >= 0.6 is 0 Å². The molecule has 0 spiro atoms. The van der Waals surface area contributed by atoms with E-state index >= 15 is 0 Å². The summed E-state index contributed by atoms with van der Waals surface area (Å²) in [6, 6.07) is 7.83. The lowest BCUT2D eigenvalue weighted by Crippen LogP contribution is -2.20. The van der Waals surface area contributed by atoms with Gasteiger partial charge in [-0.2, -0.15) is 0 Å². The molecule has 3 nitrogen and oxygen atoms in total. The topological polar surface area (TPSA) is 63.3 Å². The van der Waals surface area contributed by atoms with Crippen LogP contribution in [0.3, 0.4) is 0 Å². The standard InChI is InChI=1S/C12H15NO2/c13-7-11(12(14)15)10-5-3-9(4-6-10)8-1-2-8/h3-6,8,11H,1-2,7,13H2,(H,14,15). The molecule has 2 rings (SSSR count). The molecule has 0 radical (unpaired) electrons. The van der Waals surface area contributed by atoms with Crippen LogP contribution < -0.4 is 5.73 Å². The van der Waals surface area contributed by atoms with Crippen molar-refractivity contribution >= 4 is 5.97 Å². The van der Waals surface area contributed by atoms with Gasteiger partial charge in [0.1, 0.15) is 0 Å². The zero-order valence-corrected chi connectivity index (χ0v) is 8.52. The van der Waals surface area contributed by atoms with Crippen molar-refractivity contribution in [3.63, 3.8) is 0 Å². The molecule has 0 aliphatic heterocycles. The van der Waals surface area contributed by atoms with Gasteiger partial charge in [-0.15, -0.1) is 0 Å². The summed E-state index contributed by atoms with van der Waals surface area (Å²) < 4.78 is 0. The van der Waals surface area contributed by atoms with Gasteiger partial charge in [-0.3, -0.25) is 4.79 Å². The summed E-state index contributed by atoms with van der Waals surface area (Å²) in [5.74, 6) is -0.713. The van der Waals surface area contributed by atoms with E-state index < -0.39 is 11.9 Å². The third-order valence-corrected chi connectivity index (χ3v) is 2.92. The molecule has 80 valence electrons. The first-order chi connectivity index (χ1) is 7.22. The maximum Gasteiger partial charge on any atom is 0.312 e. The van der Waals surface area contributed by atoms with E-state index in [0.29, 0.717) is 5.92 Å². The average molecular weight is 205 g/mol. The number of benzene rings is 1. The Kier molecular flexibility index (Phi) is 2.73. The predicted octanol–water partition coefficient (Wildman–Crippen LogP) is 1.69. The lowest BCUT2D eigenvalue weighted by atomic mass is 9.97. The van der Waals surface area contributed by atoms with Crippen LogP contribution in [0.2, 0.25) is 0 Å². The summed E-state index contributed by atoms with van der Waals surface area (Å²) in [5, 5.41) is 8.94. The van der Waals surface area contributed by atoms with E-state index in [1.165, 1.54) is 18.4 Å². The molecule has 1 aromatic rings. The summed E-state index contributed by atoms with van der Waals surface area (Å²) in [7, 11) is 0. The lowest BCUT2D eigenvalue weighted by Gasteiger charge is -2.10. The Hall–Kier alpha value is -1.35. The predicted molar refractivity (Wildman–Crippen MR) is 57.8 cm³/mol. The maximum atomic E-state index is 10.9. The Bertz CT molecular complexity index is 354. The Labute approximate surface area is 88.9 Å². The molecule has 0 amide bonds. The molecule has 15 heavy (non-hydrogen) atoms. The van der Waals surface area contributed by atoms with Crippen molar-refractivity contribution in [2.24, 2.45) is 5.73 Å². The van der Waals surface area contributed by atoms with Gasteiger partial charge < -0.3 is 10.8 Å². The Morgan fingerprint density at radius 1 is 1.40 bits per heavy atom. The second kappa shape index (κ2) is 4.03. The Morgan fingerprint density at radius 2 is 2.00 bits per heavy atom. The van der Waals surface area contributed by atoms with Crippen molar-refractivity contribution in [3.8, 4) is 0 Å². The largest absolute Gasteiger partial charge is 0.481 e. The third-order valence-electron chi connectivity index (χ3n) is 2.92. The highest BCUT2D eigenvalue weighted by Crippen LogP contribution is 2.40. The fourth-order valence-corrected chi connectivity index (χ4v) is 1.80. The van der Waals surface area contributed by atoms with E-state index in [2.05, 4.69) is 0 Å². The number of carbonyl (C=O) groups is 1. The number of carboxylic acid groups (broad SMARTS) is 1. The smallest absolute Gasteiger partial charge is 0.312 e. The van der Waals surface area contributed by atoms with E-state index in [9.17, 15) is 4.79 Å². The van der Waals surface area contributed by atoms with Crippen LogP contribution in [0.15, 0.2) is 24.3 Å². The molecular weight excluding hydrogens is 190 g/mol. The number of nitrogens with two attached hydrogens (primary N) is 1. The van der Waals surface area contributed by atoms with Gasteiger partial charge in [-0.1, -0.05) is 24.3 Å². The number of hydrogen-bond donors (Lipinski definition) is 2. The van der Waals surface area contributed by atoms with Gasteiger partial charge >= 0.3 is 5.97 Å². The maximum absolute atomic E-state index is 10.9. The minimum Gasteiger partial charge on any atom is -0.481 e. The van der Waals surface area contributed by atoms with Crippen LogP contribution in [0.1, 0.15) is 35.8 Å². The minimum atomic E-state index is -0.850. The molecule has 1 aliphatic carbocycles. The van der Waals surface area contributed by atoms with Gasteiger partial charge in [-0.25, -0.2) is 0 Å². The number of rotatable bonds is 4. The highest BCUT2D eigenvalue weighted by atomic mass is 16.4. The molecule has 1 saturated carbocycles. The van der Waals surface area contributed by atoms with Crippen molar-refractivity contribution < 1.29 is 9.90 Å². The first kappa shape index (κ1) is 10.2. The van der Waals surface area contributed by atoms with E-state index in [1.54, 1.807) is 0 Å². The fourth-order valence-electron chi connectivity index (χ4n) is 1.80. The van der Waals surface area contributed by atoms with Gasteiger partial charge in [-0.05, 0) is 29.9 Å². The summed E-state index contributed by atoms with van der Waals surface area (Å²) in [4.78, 5) is 10.9. The first-order valence-corrected chi connectivity index (χ1v) is 5.25. The molecule has 1 unspecified atom stereocenters. The molecule has 3 heteroatoms. The van der Waals surface area contributed by atoms with Crippen LogP contribution in [-0.4, -0.2) is 17.6 Å². The summed E-state index contributed by atoms with van der Waals surface area (Å²) in [6.45, 7) is 0.151. The van der Waals surface area contributed by atoms with E-state index in [-0.39, 0.29) is 6.54 Å². The second-order valence-electron chi connectivity index (χ2n) is 4.07. The highest BCUT2D eigenvalue weighted by Gasteiger charge is 2.24. The SMILES string of the molecule is NCC(C(=O)O)c1ccc(C2CC2)cc1. The number of hydrogen-bond acceptors (Lipinski definition) is 2. The first-order valence-electron chi connectivity index (χ1n) is 5.25. The zero-order chi connectivity index (χ0) is 10.8. The van der Waals surface area contributed by atoms with E-state index in [4.69, 9.17) is 10.8 Å². The van der Waals surface area contributed by atoms with Crippen molar-refractivity contribution in [3.05, 3.63) is 35.4 Å². The van der Waals surface area contributed by atoms with Gasteiger partial charge in [0.15, 0.2) is 0 Å². The van der Waals surface area contributed by atoms with E-state index in [0.717, 1.165) is 5.56 Å². The van der Waals surface area contributed by atoms with E-state index in [1.807, 2.05) is 24.3 Å². The highest BCUT2D eigenvalue weighted by molar-refractivity contribution is 5.76. The van der Waals surface area contributed by atoms with Crippen LogP contribution in [0.25, 0.3) is 0 Å². The zero-order valence-electron chi connectivity index (χ0n) is 8.52. The molecule has 1 atom stereocenters. The molecule has 0 bridgehead atoms. The summed E-state index contributed by atoms with van der Waals surface area (Å²) >= 11 is 0. The molecule has 0 saturated heterocycles. The van der Waals surface area contributed by atoms with Crippen LogP contribution in [0.4, 0.5) is 0 Å². The molecule has 1 aliphatic rings. The van der Waals surface area contributed by atoms with Crippen molar-refractivity contribution in [2.75, 3.05) is 6.54 Å². The minimum absolute atomic E-state index is 0.151. The van der Waals surface area contributed by atoms with Crippen molar-refractivity contribution in [1.29, 1.82) is 0 Å². The normalized spacial score (nSPS) is 17.4. The summed E-state index contributed by atoms with van der Waals surface area (Å²) in [5.41, 5.74) is 7.55. The van der Waals surface area contributed by atoms with Crippen LogP contribution in [0, 0.1) is 0 Å². The fraction of sp³-hybridized carbons (Fsp3) is 0.417. The van der Waals surface area contributed by atoms with Crippen molar-refractivity contribution in [2.45, 2.75) is 24.7 Å². The Morgan fingerprint density at radius 3 is 2.40 bits per heavy atom. The van der Waals surface area contributed by atoms with Crippen LogP contribution in [-0.2, 0) is 4.79 Å². The average Bonchev–Trinajstić information content (AvgIpc) is 3.03. The van der Waals surface area contributed by atoms with Gasteiger partial charge in [0.25, 0.3) is 0 Å². The third kappa shape index (κ3) is 2.18. The molecular formula is C12H15NO2. The lowest BCUT2D eigenvalue weighted by molar-refractivity contribution is -0.138. The Balaban J connectivity index is 2.17. The quantitative estimate of drug-likeness (QED) is 0.786. The molecule has 1 aromatic carbocycles. The number of aliphatic carboxylic acids is 1. The van der Waals surface area contributed by atoms with Crippen LogP contribution in [0.5, 0.6) is 0 Å². The summed E-state index contributed by atoms with van der Waals surface area (Å²) in [6.07, 6.45) is 2.52. The monoisotopic (exact) mass is 205 g/mol. The van der Waals surface area contributed by atoms with Crippen molar-refractivity contribution in [1.82, 2.24) is 0 Å². The van der Waals surface area contributed by atoms with Gasteiger partial charge in [0.2, 0.25) is 0 Å². The number of carboxylic acids is 1.